The highest BCUT2D eigenvalue weighted by Crippen LogP contribution is 2.34. The minimum atomic E-state index is -0.111. The van der Waals surface area contributed by atoms with Crippen LogP contribution in [0.15, 0.2) is 0 Å². The molecule has 1 aliphatic carbocycles. The summed E-state index contributed by atoms with van der Waals surface area (Å²) in [6, 6.07) is 0.433. The van der Waals surface area contributed by atoms with Crippen LogP contribution in [0.1, 0.15) is 32.1 Å². The molecule has 3 nitrogen and oxygen atoms in total. The first-order valence-electron chi connectivity index (χ1n) is 5.15. The minimum absolute atomic E-state index is 0.111. The van der Waals surface area contributed by atoms with Crippen LogP contribution in [-0.2, 0) is 0 Å². The van der Waals surface area contributed by atoms with Crippen LogP contribution in [0.2, 0.25) is 0 Å². The highest BCUT2D eigenvalue weighted by molar-refractivity contribution is 4.94. The number of rotatable bonds is 0. The van der Waals surface area contributed by atoms with Crippen LogP contribution in [0, 0.1) is 17.4 Å². The van der Waals surface area contributed by atoms with E-state index in [0.29, 0.717) is 12.0 Å². The van der Waals surface area contributed by atoms with Crippen LogP contribution in [0.5, 0.6) is 0 Å². The maximum atomic E-state index is 9.51. The summed E-state index contributed by atoms with van der Waals surface area (Å²) in [5.41, 5.74) is 0. The fourth-order valence-corrected chi connectivity index (χ4v) is 2.76. The van der Waals surface area contributed by atoms with Crippen molar-refractivity contribution in [2.24, 2.45) is 5.92 Å². The molecule has 1 saturated carbocycles. The summed E-state index contributed by atoms with van der Waals surface area (Å²) in [6.45, 7) is 0.924. The van der Waals surface area contributed by atoms with Gasteiger partial charge in [0.2, 0.25) is 0 Å². The van der Waals surface area contributed by atoms with E-state index in [2.05, 4.69) is 6.19 Å². The van der Waals surface area contributed by atoms with Crippen molar-refractivity contribution in [3.8, 4) is 6.19 Å². The first-order chi connectivity index (χ1) is 6.31. The molecule has 3 heteroatoms. The second kappa shape index (κ2) is 3.55. The lowest BCUT2D eigenvalue weighted by atomic mass is 9.77. The molecule has 0 aromatic rings. The average Bonchev–Trinajstić information content (AvgIpc) is 2.16. The van der Waals surface area contributed by atoms with Gasteiger partial charge in [-0.25, -0.2) is 0 Å². The Morgan fingerprint density at radius 3 is 2.92 bits per heavy atom. The van der Waals surface area contributed by atoms with E-state index in [1.165, 1.54) is 6.42 Å². The van der Waals surface area contributed by atoms with Crippen LogP contribution in [0.25, 0.3) is 0 Å². The highest BCUT2D eigenvalue weighted by Gasteiger charge is 2.35. The van der Waals surface area contributed by atoms with Gasteiger partial charge in [-0.2, -0.15) is 5.26 Å². The predicted octanol–water partition coefficient (Wildman–Crippen LogP) is 1.09. The lowest BCUT2D eigenvalue weighted by Crippen LogP contribution is -2.46. The molecule has 3 unspecified atom stereocenters. The van der Waals surface area contributed by atoms with Crippen molar-refractivity contribution >= 4 is 0 Å². The van der Waals surface area contributed by atoms with Crippen LogP contribution in [0.4, 0.5) is 0 Å². The topological polar surface area (TPSA) is 47.3 Å². The molecule has 0 radical (unpaired) electrons. The number of piperidine rings is 1. The van der Waals surface area contributed by atoms with Gasteiger partial charge in [0.1, 0.15) is 0 Å². The summed E-state index contributed by atoms with van der Waals surface area (Å²) < 4.78 is 0. The van der Waals surface area contributed by atoms with E-state index < -0.39 is 0 Å². The molecular weight excluding hydrogens is 164 g/mol. The maximum Gasteiger partial charge on any atom is 0.179 e. The zero-order valence-corrected chi connectivity index (χ0v) is 7.82. The smallest absolute Gasteiger partial charge is 0.179 e. The van der Waals surface area contributed by atoms with Gasteiger partial charge in [-0.05, 0) is 38.0 Å². The first-order valence-corrected chi connectivity index (χ1v) is 5.15. The third-order valence-corrected chi connectivity index (χ3v) is 3.42. The fourth-order valence-electron chi connectivity index (χ4n) is 2.76. The van der Waals surface area contributed by atoms with Crippen molar-refractivity contribution in [3.63, 3.8) is 0 Å². The molecule has 1 heterocycles. The monoisotopic (exact) mass is 180 g/mol. The summed E-state index contributed by atoms with van der Waals surface area (Å²) >= 11 is 0. The van der Waals surface area contributed by atoms with Gasteiger partial charge in [-0.3, -0.25) is 0 Å². The van der Waals surface area contributed by atoms with Crippen LogP contribution >= 0.6 is 0 Å². The number of hydrogen-bond donors (Lipinski definition) is 1. The number of aliphatic hydroxyl groups excluding tert-OH is 1. The zero-order valence-electron chi connectivity index (χ0n) is 7.82. The van der Waals surface area contributed by atoms with Crippen LogP contribution in [-0.4, -0.2) is 28.7 Å². The molecule has 2 rings (SSSR count). The van der Waals surface area contributed by atoms with E-state index in [0.717, 1.165) is 32.2 Å². The van der Waals surface area contributed by atoms with Gasteiger partial charge >= 0.3 is 0 Å². The molecule has 0 spiro atoms. The number of aliphatic hydroxyl groups is 1. The fraction of sp³-hybridized carbons (Fsp3) is 0.900. The molecule has 1 saturated heterocycles. The van der Waals surface area contributed by atoms with Crippen molar-refractivity contribution in [1.82, 2.24) is 4.90 Å². The Balaban J connectivity index is 2.04. The van der Waals surface area contributed by atoms with Gasteiger partial charge in [0.25, 0.3) is 0 Å². The standard InChI is InChI=1S/C10H16N2O/c11-7-12-5-1-2-8-6-9(13)3-4-10(8)12/h8-10,13H,1-6H2. The van der Waals surface area contributed by atoms with E-state index in [-0.39, 0.29) is 6.10 Å². The van der Waals surface area contributed by atoms with Gasteiger partial charge in [0.05, 0.1) is 6.10 Å². The molecule has 72 valence electrons. The van der Waals surface area contributed by atoms with Crippen molar-refractivity contribution in [3.05, 3.63) is 0 Å². The van der Waals surface area contributed by atoms with E-state index in [4.69, 9.17) is 5.26 Å². The first kappa shape index (κ1) is 8.83. The number of fused-ring (bicyclic) bond motifs is 1. The Morgan fingerprint density at radius 2 is 2.15 bits per heavy atom. The lowest BCUT2D eigenvalue weighted by Gasteiger charge is -2.42. The van der Waals surface area contributed by atoms with Gasteiger partial charge in [-0.1, -0.05) is 0 Å². The molecule has 0 bridgehead atoms. The van der Waals surface area contributed by atoms with Gasteiger partial charge < -0.3 is 10.0 Å². The molecule has 0 amide bonds. The summed E-state index contributed by atoms with van der Waals surface area (Å²) in [7, 11) is 0. The molecule has 2 fully saturated rings. The molecule has 1 aliphatic heterocycles. The van der Waals surface area contributed by atoms with Crippen molar-refractivity contribution < 1.29 is 5.11 Å². The van der Waals surface area contributed by atoms with Gasteiger partial charge in [0.15, 0.2) is 6.19 Å². The maximum absolute atomic E-state index is 9.51. The SMILES string of the molecule is N#CN1CCCC2CC(O)CCC21. The summed E-state index contributed by atoms with van der Waals surface area (Å²) in [4.78, 5) is 1.92. The van der Waals surface area contributed by atoms with Crippen molar-refractivity contribution in [2.45, 2.75) is 44.2 Å². The third-order valence-electron chi connectivity index (χ3n) is 3.42. The van der Waals surface area contributed by atoms with E-state index >= 15 is 0 Å². The number of nitrogens with zero attached hydrogens (tertiary/aromatic N) is 2. The number of nitriles is 1. The number of likely N-dealkylation sites (tertiary alicyclic amines) is 1. The quantitative estimate of drug-likeness (QED) is 0.568. The van der Waals surface area contributed by atoms with Gasteiger partial charge in [0, 0.05) is 12.6 Å². The molecule has 2 aliphatic rings. The molecule has 0 aromatic heterocycles. The van der Waals surface area contributed by atoms with E-state index in [9.17, 15) is 5.11 Å². The zero-order chi connectivity index (χ0) is 9.26. The minimum Gasteiger partial charge on any atom is -0.393 e. The molecular formula is C10H16N2O. The Bertz CT molecular complexity index is 223. The normalized spacial score (nSPS) is 39.4. The second-order valence-corrected chi connectivity index (χ2v) is 4.23. The third kappa shape index (κ3) is 1.64. The lowest BCUT2D eigenvalue weighted by molar-refractivity contribution is 0.0289. The van der Waals surface area contributed by atoms with E-state index in [1.54, 1.807) is 0 Å². The Hall–Kier alpha value is -0.750. The largest absolute Gasteiger partial charge is 0.393 e. The summed E-state index contributed by atoms with van der Waals surface area (Å²) in [5.74, 6) is 0.567. The molecule has 1 N–H and O–H groups in total. The number of hydrogen-bond acceptors (Lipinski definition) is 3. The summed E-state index contributed by atoms with van der Waals surface area (Å²) in [5, 5.41) is 18.4. The van der Waals surface area contributed by atoms with Crippen molar-refractivity contribution in [1.29, 1.82) is 5.26 Å². The Morgan fingerprint density at radius 1 is 1.31 bits per heavy atom. The molecule has 3 atom stereocenters. The predicted molar refractivity (Wildman–Crippen MR) is 48.7 cm³/mol. The van der Waals surface area contributed by atoms with Gasteiger partial charge in [-0.15, -0.1) is 0 Å². The average molecular weight is 180 g/mol. The second-order valence-electron chi connectivity index (χ2n) is 4.23. The molecule has 0 aromatic carbocycles. The summed E-state index contributed by atoms with van der Waals surface area (Å²) in [6.07, 6.45) is 7.24. The Kier molecular flexibility index (Phi) is 2.41. The van der Waals surface area contributed by atoms with E-state index in [1.807, 2.05) is 4.90 Å². The van der Waals surface area contributed by atoms with Crippen LogP contribution < -0.4 is 0 Å². The Labute approximate surface area is 79.0 Å². The molecule has 13 heavy (non-hydrogen) atoms. The van der Waals surface area contributed by atoms with Crippen molar-refractivity contribution in [2.75, 3.05) is 6.54 Å². The highest BCUT2D eigenvalue weighted by atomic mass is 16.3. The van der Waals surface area contributed by atoms with Crippen LogP contribution in [0.3, 0.4) is 0 Å².